The number of hydrogen-bond acceptors (Lipinski definition) is 8. The molecule has 2 aromatic carbocycles. The van der Waals surface area contributed by atoms with Crippen molar-refractivity contribution in [3.05, 3.63) is 76.6 Å². The lowest BCUT2D eigenvalue weighted by atomic mass is 9.99. The van der Waals surface area contributed by atoms with E-state index in [9.17, 15) is 27.2 Å². The first-order chi connectivity index (χ1) is 20.1. The zero-order chi connectivity index (χ0) is 30.3. The number of halogens is 2. The van der Waals surface area contributed by atoms with Crippen molar-refractivity contribution < 1.29 is 41.4 Å². The number of anilines is 1. The molecule has 4 rings (SSSR count). The Morgan fingerprint density at radius 1 is 1.05 bits per heavy atom. The van der Waals surface area contributed by atoms with Gasteiger partial charge in [0.25, 0.3) is 0 Å². The van der Waals surface area contributed by atoms with Crippen molar-refractivity contribution in [2.75, 3.05) is 24.2 Å². The highest BCUT2D eigenvalue weighted by Crippen LogP contribution is 2.35. The highest BCUT2D eigenvalue weighted by Gasteiger charge is 2.41. The van der Waals surface area contributed by atoms with Crippen LogP contribution in [0.5, 0.6) is 0 Å². The van der Waals surface area contributed by atoms with Crippen LogP contribution in [0.1, 0.15) is 44.6 Å². The average molecular weight is 623 g/mol. The van der Waals surface area contributed by atoms with E-state index < -0.39 is 51.9 Å². The number of ether oxygens (including phenoxy) is 3. The highest BCUT2D eigenvalue weighted by molar-refractivity contribution is 7.93. The zero-order valence-corrected chi connectivity index (χ0v) is 24.6. The van der Waals surface area contributed by atoms with E-state index in [0.717, 1.165) is 28.1 Å². The van der Waals surface area contributed by atoms with Crippen LogP contribution < -0.4 is 4.31 Å². The Bertz CT molecular complexity index is 1440. The molecular formula is C29H32ClFN2O8S. The number of sulfonamides is 1. The van der Waals surface area contributed by atoms with E-state index in [0.29, 0.717) is 25.7 Å². The van der Waals surface area contributed by atoms with Crippen molar-refractivity contribution in [1.29, 1.82) is 0 Å². The third kappa shape index (κ3) is 7.22. The molecule has 2 aliphatic rings. The molecule has 0 bridgehead atoms. The van der Waals surface area contributed by atoms with Gasteiger partial charge in [-0.05, 0) is 62.8 Å². The van der Waals surface area contributed by atoms with Gasteiger partial charge in [0.1, 0.15) is 23.7 Å². The summed E-state index contributed by atoms with van der Waals surface area (Å²) in [6.45, 7) is 1.07. The van der Waals surface area contributed by atoms with Crippen LogP contribution in [0.3, 0.4) is 0 Å². The topological polar surface area (TPSA) is 120 Å². The summed E-state index contributed by atoms with van der Waals surface area (Å²) in [6, 6.07) is 11.3. The second-order valence-corrected chi connectivity index (χ2v) is 12.2. The van der Waals surface area contributed by atoms with Gasteiger partial charge in [0.2, 0.25) is 10.0 Å². The third-order valence-electron chi connectivity index (χ3n) is 7.03. The van der Waals surface area contributed by atoms with Gasteiger partial charge in [-0.3, -0.25) is 4.90 Å². The third-order valence-corrected chi connectivity index (χ3v) is 9.45. The van der Waals surface area contributed by atoms with Crippen LogP contribution in [0.4, 0.5) is 14.9 Å². The zero-order valence-electron chi connectivity index (χ0n) is 23.0. The molecule has 2 atom stereocenters. The Hall–Kier alpha value is -3.64. The van der Waals surface area contributed by atoms with Gasteiger partial charge >= 0.3 is 18.0 Å². The molecule has 226 valence electrons. The minimum absolute atomic E-state index is 0.0292. The van der Waals surface area contributed by atoms with Gasteiger partial charge in [-0.2, -0.15) is 0 Å². The van der Waals surface area contributed by atoms with E-state index in [1.807, 2.05) is 18.2 Å². The molecule has 0 N–H and O–H groups in total. The van der Waals surface area contributed by atoms with Crippen LogP contribution in [-0.4, -0.2) is 62.5 Å². The number of likely N-dealkylation sites (tertiary alicyclic amines) is 1. The predicted molar refractivity (Wildman–Crippen MR) is 152 cm³/mol. The number of hydrogen-bond donors (Lipinski definition) is 0. The van der Waals surface area contributed by atoms with Crippen molar-refractivity contribution in [2.24, 2.45) is 0 Å². The van der Waals surface area contributed by atoms with E-state index in [1.165, 1.54) is 11.0 Å². The number of allylic oxidation sites excluding steroid dienone is 1. The molecule has 0 radical (unpaired) electrons. The Morgan fingerprint density at radius 2 is 1.81 bits per heavy atom. The van der Waals surface area contributed by atoms with E-state index >= 15 is 0 Å². The molecule has 1 aliphatic heterocycles. The molecule has 0 spiro atoms. The lowest BCUT2D eigenvalue weighted by Crippen LogP contribution is -2.46. The van der Waals surface area contributed by atoms with Crippen molar-refractivity contribution >= 4 is 45.3 Å². The number of benzene rings is 2. The van der Waals surface area contributed by atoms with Crippen LogP contribution in [0, 0.1) is 5.82 Å². The van der Waals surface area contributed by atoms with E-state index in [1.54, 1.807) is 19.1 Å². The van der Waals surface area contributed by atoms with Crippen molar-refractivity contribution in [3.8, 4) is 0 Å². The predicted octanol–water partition coefficient (Wildman–Crippen LogP) is 4.96. The highest BCUT2D eigenvalue weighted by atomic mass is 35.5. The van der Waals surface area contributed by atoms with Gasteiger partial charge in [0.05, 0.1) is 22.9 Å². The SMILES string of the molecule is CCOC(=O)C1=CCCCC1S(=O)(=O)N(COC(=O)N1CCC[C@H]1C(=O)OCc1ccccc1)c1ccc(F)cc1Cl. The minimum atomic E-state index is -4.44. The number of carbonyl (C=O) groups is 3. The lowest BCUT2D eigenvalue weighted by Gasteiger charge is -2.32. The van der Waals surface area contributed by atoms with Crippen molar-refractivity contribution in [3.63, 3.8) is 0 Å². The summed E-state index contributed by atoms with van der Waals surface area (Å²) >= 11 is 6.25. The van der Waals surface area contributed by atoms with Gasteiger partial charge in [-0.25, -0.2) is 31.5 Å². The van der Waals surface area contributed by atoms with Crippen LogP contribution in [0.25, 0.3) is 0 Å². The number of nitrogens with zero attached hydrogens (tertiary/aromatic N) is 2. The fourth-order valence-electron chi connectivity index (χ4n) is 4.96. The fraction of sp³-hybridized carbons (Fsp3) is 0.414. The number of amides is 1. The molecule has 10 nitrogen and oxygen atoms in total. The quantitative estimate of drug-likeness (QED) is 0.207. The minimum Gasteiger partial charge on any atom is -0.463 e. The maximum Gasteiger partial charge on any atom is 0.412 e. The van der Waals surface area contributed by atoms with Crippen LogP contribution >= 0.6 is 11.6 Å². The molecule has 0 aromatic heterocycles. The van der Waals surface area contributed by atoms with E-state index in [-0.39, 0.29) is 42.5 Å². The number of esters is 2. The first-order valence-electron chi connectivity index (χ1n) is 13.6. The molecule has 1 aliphatic carbocycles. The maximum absolute atomic E-state index is 14.0. The molecule has 42 heavy (non-hydrogen) atoms. The number of rotatable bonds is 10. The summed E-state index contributed by atoms with van der Waals surface area (Å²) in [5.74, 6) is -2.07. The Morgan fingerprint density at radius 3 is 2.52 bits per heavy atom. The summed E-state index contributed by atoms with van der Waals surface area (Å²) < 4.78 is 58.6. The smallest absolute Gasteiger partial charge is 0.412 e. The maximum atomic E-state index is 14.0. The van der Waals surface area contributed by atoms with Crippen LogP contribution in [-0.2, 0) is 40.4 Å². The monoisotopic (exact) mass is 622 g/mol. The first-order valence-corrected chi connectivity index (χ1v) is 15.5. The van der Waals surface area contributed by atoms with Crippen molar-refractivity contribution in [2.45, 2.75) is 56.9 Å². The largest absolute Gasteiger partial charge is 0.463 e. The summed E-state index contributed by atoms with van der Waals surface area (Å²) in [6.07, 6.45) is 2.54. The van der Waals surface area contributed by atoms with Crippen LogP contribution in [0.15, 0.2) is 60.2 Å². The van der Waals surface area contributed by atoms with Crippen LogP contribution in [0.2, 0.25) is 5.02 Å². The summed E-state index contributed by atoms with van der Waals surface area (Å²) in [5.41, 5.74) is 0.618. The van der Waals surface area contributed by atoms with E-state index in [2.05, 4.69) is 0 Å². The first kappa shape index (κ1) is 31.3. The molecule has 1 amide bonds. The summed E-state index contributed by atoms with van der Waals surface area (Å²) in [7, 11) is -4.44. The molecule has 0 saturated carbocycles. The average Bonchev–Trinajstić information content (AvgIpc) is 3.48. The Kier molecular flexibility index (Phi) is 10.4. The summed E-state index contributed by atoms with van der Waals surface area (Å²) in [4.78, 5) is 39.8. The van der Waals surface area contributed by atoms with Gasteiger partial charge in [-0.15, -0.1) is 0 Å². The molecule has 1 heterocycles. The molecule has 1 saturated heterocycles. The Labute approximate surface area is 249 Å². The van der Waals surface area contributed by atoms with Gasteiger partial charge < -0.3 is 14.2 Å². The number of carbonyl (C=O) groups excluding carboxylic acids is 3. The van der Waals surface area contributed by atoms with Crippen molar-refractivity contribution in [1.82, 2.24) is 4.90 Å². The normalized spacial score (nSPS) is 18.6. The lowest BCUT2D eigenvalue weighted by molar-refractivity contribution is -0.149. The summed E-state index contributed by atoms with van der Waals surface area (Å²) in [5, 5.41) is -1.55. The molecule has 13 heteroatoms. The van der Waals surface area contributed by atoms with Gasteiger partial charge in [0.15, 0.2) is 6.73 Å². The molecule has 2 aromatic rings. The molecular weight excluding hydrogens is 591 g/mol. The van der Waals surface area contributed by atoms with Gasteiger partial charge in [-0.1, -0.05) is 48.0 Å². The molecule has 1 unspecified atom stereocenters. The standard InChI is InChI=1S/C29H32ClFN2O8S/c1-2-39-27(34)22-11-6-7-13-26(22)42(37,38)33(24-15-14-21(31)17-23(24)30)19-41-29(36)32-16-8-12-25(32)28(35)40-18-20-9-4-3-5-10-20/h3-5,9-11,14-15,17,25-26H,2,6-8,12-13,16,18-19H2,1H3/t25-,26?/m0/s1. The van der Waals surface area contributed by atoms with Gasteiger partial charge in [0, 0.05) is 6.54 Å². The fourth-order valence-corrected chi connectivity index (χ4v) is 7.19. The second kappa shape index (κ2) is 14.0. The Balaban J connectivity index is 1.54. The van der Waals surface area contributed by atoms with E-state index in [4.69, 9.17) is 25.8 Å². The second-order valence-electron chi connectivity index (χ2n) is 9.77. The molecule has 1 fully saturated rings.